The van der Waals surface area contributed by atoms with Gasteiger partial charge in [0.25, 0.3) is 0 Å². The number of hydrogen-bond acceptors (Lipinski definition) is 3. The number of aryl methyl sites for hydroxylation is 1. The van der Waals surface area contributed by atoms with Crippen LogP contribution in [0, 0.1) is 13.8 Å². The summed E-state index contributed by atoms with van der Waals surface area (Å²) in [6.07, 6.45) is 2.09. The number of carbonyl (C=O) groups is 1. The normalized spacial score (nSPS) is 11.1. The molecule has 2 aromatic carbocycles. The van der Waals surface area contributed by atoms with Crippen LogP contribution in [0.3, 0.4) is 0 Å². The molecule has 0 aliphatic carbocycles. The summed E-state index contributed by atoms with van der Waals surface area (Å²) in [4.78, 5) is 13.1. The fraction of sp³-hybridized carbons (Fsp3) is 0.182. The van der Waals surface area contributed by atoms with Crippen molar-refractivity contribution in [3.05, 3.63) is 82.6 Å². The van der Waals surface area contributed by atoms with E-state index >= 15 is 0 Å². The van der Waals surface area contributed by atoms with Crippen molar-refractivity contribution in [3.8, 4) is 5.69 Å². The number of rotatable bonds is 7. The molecule has 0 spiro atoms. The van der Waals surface area contributed by atoms with E-state index in [1.54, 1.807) is 18.0 Å². The quantitative estimate of drug-likeness (QED) is 0.322. The highest BCUT2D eigenvalue weighted by Gasteiger charge is 2.11. The summed E-state index contributed by atoms with van der Waals surface area (Å²) < 4.78 is 2.09. The molecule has 1 N–H and O–H groups in total. The first-order valence-electron chi connectivity index (χ1n) is 9.00. The summed E-state index contributed by atoms with van der Waals surface area (Å²) in [5, 5.41) is 4.81. The number of aromatic nitrogens is 1. The van der Waals surface area contributed by atoms with Crippen molar-refractivity contribution in [3.63, 3.8) is 0 Å². The second kappa shape index (κ2) is 9.62. The second-order valence-corrected chi connectivity index (χ2v) is 7.89. The monoisotopic (exact) mass is 411 g/mol. The Labute approximate surface area is 174 Å². The number of benzene rings is 2. The van der Waals surface area contributed by atoms with Gasteiger partial charge in [0.1, 0.15) is 0 Å². The number of nitrogens with zero attached hydrogens (tertiary/aromatic N) is 2. The maximum absolute atomic E-state index is 12.0. The number of halogens is 1. The topological polar surface area (TPSA) is 46.4 Å². The average Bonchev–Trinajstić information content (AvgIpc) is 2.97. The summed E-state index contributed by atoms with van der Waals surface area (Å²) in [7, 11) is 0. The lowest BCUT2D eigenvalue weighted by Gasteiger charge is -2.11. The number of nitrogens with one attached hydrogen (secondary N) is 1. The van der Waals surface area contributed by atoms with Gasteiger partial charge in [0.2, 0.25) is 5.91 Å². The molecule has 0 aliphatic rings. The zero-order valence-electron chi connectivity index (χ0n) is 15.9. The van der Waals surface area contributed by atoms with Crippen molar-refractivity contribution in [2.45, 2.75) is 25.2 Å². The highest BCUT2D eigenvalue weighted by molar-refractivity contribution is 7.99. The minimum atomic E-state index is -0.0976. The van der Waals surface area contributed by atoms with Gasteiger partial charge in [0.05, 0.1) is 16.9 Å². The van der Waals surface area contributed by atoms with Crippen LogP contribution in [0.15, 0.2) is 70.7 Å². The molecule has 4 nitrogen and oxygen atoms in total. The van der Waals surface area contributed by atoms with Crippen LogP contribution < -0.4 is 5.43 Å². The molecular formula is C22H22ClN3OS. The lowest BCUT2D eigenvalue weighted by Crippen LogP contribution is -2.17. The third-order valence-corrected chi connectivity index (χ3v) is 5.63. The highest BCUT2D eigenvalue weighted by atomic mass is 35.5. The van der Waals surface area contributed by atoms with E-state index in [4.69, 9.17) is 11.6 Å². The lowest BCUT2D eigenvalue weighted by atomic mass is 10.2. The van der Waals surface area contributed by atoms with Crippen molar-refractivity contribution >= 4 is 35.5 Å². The summed E-state index contributed by atoms with van der Waals surface area (Å²) in [5.74, 6) is 0.617. The van der Waals surface area contributed by atoms with Crippen molar-refractivity contribution in [1.82, 2.24) is 9.99 Å². The summed E-state index contributed by atoms with van der Waals surface area (Å²) in [6.45, 7) is 4.03. The molecule has 144 valence electrons. The van der Waals surface area contributed by atoms with Gasteiger partial charge in [0, 0.05) is 34.0 Å². The molecule has 6 heteroatoms. The van der Waals surface area contributed by atoms with Crippen molar-refractivity contribution in [2.75, 3.05) is 5.75 Å². The number of hydrogen-bond donors (Lipinski definition) is 1. The maximum atomic E-state index is 12.0. The van der Waals surface area contributed by atoms with E-state index in [1.165, 1.54) is 0 Å². The smallest absolute Gasteiger partial charge is 0.240 e. The standard InChI is InChI=1S/C22H22ClN3OS/c1-16-14-18(17(2)26(16)21-11-7-6-10-20(21)23)15-24-25-22(27)12-13-28-19-8-4-3-5-9-19/h3-11,14-15H,12-13H2,1-2H3,(H,25,27)/b24-15-. The van der Waals surface area contributed by atoms with Crippen LogP contribution in [0.2, 0.25) is 5.02 Å². The van der Waals surface area contributed by atoms with E-state index in [2.05, 4.69) is 15.1 Å². The zero-order chi connectivity index (χ0) is 19.9. The van der Waals surface area contributed by atoms with Crippen LogP contribution in [-0.4, -0.2) is 22.4 Å². The Hall–Kier alpha value is -2.50. The molecule has 0 saturated heterocycles. The van der Waals surface area contributed by atoms with Crippen LogP contribution in [0.5, 0.6) is 0 Å². The van der Waals surface area contributed by atoms with Gasteiger partial charge < -0.3 is 4.57 Å². The van der Waals surface area contributed by atoms with Crippen molar-refractivity contribution < 1.29 is 4.79 Å². The van der Waals surface area contributed by atoms with E-state index < -0.39 is 0 Å². The Balaban J connectivity index is 1.58. The van der Waals surface area contributed by atoms with Gasteiger partial charge in [-0.2, -0.15) is 5.10 Å². The zero-order valence-corrected chi connectivity index (χ0v) is 17.4. The molecule has 1 aromatic heterocycles. The minimum absolute atomic E-state index is 0.0976. The van der Waals surface area contributed by atoms with Crippen LogP contribution in [0.25, 0.3) is 5.69 Å². The third kappa shape index (κ3) is 5.06. The number of amides is 1. The van der Waals surface area contributed by atoms with Gasteiger partial charge in [-0.25, -0.2) is 5.43 Å². The van der Waals surface area contributed by atoms with Crippen molar-refractivity contribution in [2.24, 2.45) is 5.10 Å². The van der Waals surface area contributed by atoms with Gasteiger partial charge in [-0.1, -0.05) is 41.9 Å². The second-order valence-electron chi connectivity index (χ2n) is 6.32. The van der Waals surface area contributed by atoms with Crippen LogP contribution in [-0.2, 0) is 4.79 Å². The molecular weight excluding hydrogens is 390 g/mol. The van der Waals surface area contributed by atoms with E-state index in [9.17, 15) is 4.79 Å². The summed E-state index contributed by atoms with van der Waals surface area (Å²) in [5.41, 5.74) is 6.55. The van der Waals surface area contributed by atoms with Gasteiger partial charge in [-0.05, 0) is 44.2 Å². The molecule has 0 atom stereocenters. The molecule has 3 rings (SSSR count). The molecule has 0 unspecified atom stereocenters. The Morgan fingerprint density at radius 1 is 1.14 bits per heavy atom. The van der Waals surface area contributed by atoms with E-state index in [-0.39, 0.29) is 5.91 Å². The Morgan fingerprint density at radius 2 is 1.86 bits per heavy atom. The van der Waals surface area contributed by atoms with Crippen molar-refractivity contribution in [1.29, 1.82) is 0 Å². The van der Waals surface area contributed by atoms with E-state index in [1.807, 2.05) is 74.5 Å². The molecule has 1 heterocycles. The van der Waals surface area contributed by atoms with Crippen LogP contribution in [0.1, 0.15) is 23.4 Å². The lowest BCUT2D eigenvalue weighted by molar-refractivity contribution is -0.120. The highest BCUT2D eigenvalue weighted by Crippen LogP contribution is 2.25. The average molecular weight is 412 g/mol. The van der Waals surface area contributed by atoms with E-state index in [0.717, 1.165) is 27.5 Å². The Kier molecular flexibility index (Phi) is 6.95. The number of thioether (sulfide) groups is 1. The first-order chi connectivity index (χ1) is 13.6. The van der Waals surface area contributed by atoms with Gasteiger partial charge in [-0.15, -0.1) is 11.8 Å². The SMILES string of the molecule is Cc1cc(/C=N\NC(=O)CCSc2ccccc2)c(C)n1-c1ccccc1Cl. The number of para-hydroxylation sites is 1. The van der Waals surface area contributed by atoms with Gasteiger partial charge >= 0.3 is 0 Å². The summed E-state index contributed by atoms with van der Waals surface area (Å²) in [6, 6.07) is 19.8. The van der Waals surface area contributed by atoms with Gasteiger partial charge in [-0.3, -0.25) is 4.79 Å². The molecule has 3 aromatic rings. The minimum Gasteiger partial charge on any atom is -0.316 e. The predicted octanol–water partition coefficient (Wildman–Crippen LogP) is 5.38. The van der Waals surface area contributed by atoms with Crippen LogP contribution >= 0.6 is 23.4 Å². The van der Waals surface area contributed by atoms with Crippen LogP contribution in [0.4, 0.5) is 0 Å². The first-order valence-corrected chi connectivity index (χ1v) is 10.4. The molecule has 0 aliphatic heterocycles. The maximum Gasteiger partial charge on any atom is 0.240 e. The van der Waals surface area contributed by atoms with E-state index in [0.29, 0.717) is 17.2 Å². The number of carbonyl (C=O) groups excluding carboxylic acids is 1. The molecule has 0 saturated carbocycles. The first kappa shape index (κ1) is 20.2. The molecule has 0 fully saturated rings. The molecule has 1 amide bonds. The largest absolute Gasteiger partial charge is 0.316 e. The fourth-order valence-corrected chi connectivity index (χ4v) is 4.02. The fourth-order valence-electron chi connectivity index (χ4n) is 2.93. The third-order valence-electron chi connectivity index (χ3n) is 4.30. The molecule has 0 radical (unpaired) electrons. The predicted molar refractivity (Wildman–Crippen MR) is 118 cm³/mol. The summed E-state index contributed by atoms with van der Waals surface area (Å²) >= 11 is 7.99. The Bertz CT molecular complexity index is 983. The Morgan fingerprint density at radius 3 is 2.61 bits per heavy atom. The number of hydrazone groups is 1. The molecule has 28 heavy (non-hydrogen) atoms. The van der Waals surface area contributed by atoms with Gasteiger partial charge in [0.15, 0.2) is 0 Å². The molecule has 0 bridgehead atoms.